The van der Waals surface area contributed by atoms with E-state index in [1.165, 1.54) is 25.7 Å². The minimum atomic E-state index is -0.148. The van der Waals surface area contributed by atoms with Gasteiger partial charge in [-0.05, 0) is 18.9 Å². The van der Waals surface area contributed by atoms with Crippen molar-refractivity contribution in [3.05, 3.63) is 22.6 Å². The van der Waals surface area contributed by atoms with Crippen LogP contribution in [0.2, 0.25) is 0 Å². The molecule has 0 aliphatic heterocycles. The molecule has 0 amide bonds. The van der Waals surface area contributed by atoms with Crippen LogP contribution in [0.15, 0.2) is 17.1 Å². The van der Waals surface area contributed by atoms with E-state index in [4.69, 9.17) is 5.73 Å². The van der Waals surface area contributed by atoms with Crippen molar-refractivity contribution in [1.82, 2.24) is 14.8 Å². The molecule has 1 aliphatic carbocycles. The van der Waals surface area contributed by atoms with Crippen LogP contribution in [0.25, 0.3) is 10.9 Å². The van der Waals surface area contributed by atoms with Crippen LogP contribution < -0.4 is 11.3 Å². The van der Waals surface area contributed by atoms with E-state index in [0.717, 1.165) is 18.4 Å². The Morgan fingerprint density at radius 2 is 2.00 bits per heavy atom. The van der Waals surface area contributed by atoms with Crippen LogP contribution in [0.4, 0.5) is 5.82 Å². The highest BCUT2D eigenvalue weighted by Gasteiger charge is 2.19. The molecule has 0 bridgehead atoms. The second-order valence-corrected chi connectivity index (χ2v) is 5.04. The van der Waals surface area contributed by atoms with Crippen molar-refractivity contribution in [3.63, 3.8) is 0 Å². The third-order valence-electron chi connectivity index (χ3n) is 3.83. The molecule has 1 aliphatic rings. The minimum absolute atomic E-state index is 0.148. The van der Waals surface area contributed by atoms with Crippen LogP contribution in [0.5, 0.6) is 0 Å². The Hall–Kier alpha value is -1.78. The topological polar surface area (TPSA) is 76.7 Å². The SMILES string of the molecule is Nc1nn(C2CCCCCC2)c2cc[nH]c(=O)c12. The van der Waals surface area contributed by atoms with E-state index in [2.05, 4.69) is 10.1 Å². The van der Waals surface area contributed by atoms with Gasteiger partial charge < -0.3 is 10.7 Å². The smallest absolute Gasteiger partial charge is 0.261 e. The maximum atomic E-state index is 11.8. The molecule has 18 heavy (non-hydrogen) atoms. The molecule has 5 nitrogen and oxygen atoms in total. The van der Waals surface area contributed by atoms with Crippen LogP contribution in [-0.4, -0.2) is 14.8 Å². The summed E-state index contributed by atoms with van der Waals surface area (Å²) in [6, 6.07) is 2.28. The Kier molecular flexibility index (Phi) is 2.81. The maximum Gasteiger partial charge on any atom is 0.261 e. The lowest BCUT2D eigenvalue weighted by Gasteiger charge is -2.15. The Balaban J connectivity index is 2.11. The van der Waals surface area contributed by atoms with Gasteiger partial charge in [0, 0.05) is 6.20 Å². The quantitative estimate of drug-likeness (QED) is 0.757. The number of fused-ring (bicyclic) bond motifs is 1. The first-order valence-corrected chi connectivity index (χ1v) is 6.63. The third-order valence-corrected chi connectivity index (χ3v) is 3.83. The molecule has 3 N–H and O–H groups in total. The zero-order valence-corrected chi connectivity index (χ0v) is 10.4. The summed E-state index contributed by atoms with van der Waals surface area (Å²) in [5.41, 5.74) is 6.59. The molecule has 2 aromatic rings. The highest BCUT2D eigenvalue weighted by molar-refractivity contribution is 5.88. The van der Waals surface area contributed by atoms with Gasteiger partial charge in [-0.1, -0.05) is 25.7 Å². The molecule has 0 radical (unpaired) electrons. The van der Waals surface area contributed by atoms with Crippen molar-refractivity contribution >= 4 is 16.7 Å². The Bertz CT molecular complexity index is 605. The lowest BCUT2D eigenvalue weighted by atomic mass is 10.1. The largest absolute Gasteiger partial charge is 0.382 e. The highest BCUT2D eigenvalue weighted by atomic mass is 16.1. The number of pyridine rings is 1. The van der Waals surface area contributed by atoms with Gasteiger partial charge in [0.05, 0.1) is 11.6 Å². The van der Waals surface area contributed by atoms with Crippen molar-refractivity contribution in [2.24, 2.45) is 0 Å². The van der Waals surface area contributed by atoms with E-state index >= 15 is 0 Å². The van der Waals surface area contributed by atoms with Gasteiger partial charge >= 0.3 is 0 Å². The first kappa shape index (κ1) is 11.3. The van der Waals surface area contributed by atoms with Crippen molar-refractivity contribution in [1.29, 1.82) is 0 Å². The predicted octanol–water partition coefficient (Wildman–Crippen LogP) is 2.20. The van der Waals surface area contributed by atoms with Gasteiger partial charge in [-0.3, -0.25) is 9.48 Å². The fourth-order valence-corrected chi connectivity index (χ4v) is 2.91. The molecule has 0 spiro atoms. The van der Waals surface area contributed by atoms with Gasteiger partial charge in [-0.15, -0.1) is 0 Å². The molecule has 0 atom stereocenters. The second-order valence-electron chi connectivity index (χ2n) is 5.04. The third kappa shape index (κ3) is 1.79. The normalized spacial score (nSPS) is 18.0. The number of nitrogens with two attached hydrogens (primary N) is 1. The van der Waals surface area contributed by atoms with Crippen molar-refractivity contribution < 1.29 is 0 Å². The molecule has 0 unspecified atom stereocenters. The minimum Gasteiger partial charge on any atom is -0.382 e. The number of nitrogens with zero attached hydrogens (tertiary/aromatic N) is 2. The molecule has 1 fully saturated rings. The predicted molar refractivity (Wildman–Crippen MR) is 71.5 cm³/mol. The fourth-order valence-electron chi connectivity index (χ4n) is 2.91. The molecule has 1 saturated carbocycles. The number of aromatic nitrogens is 3. The van der Waals surface area contributed by atoms with Crippen LogP contribution in [-0.2, 0) is 0 Å². The number of hydrogen-bond donors (Lipinski definition) is 2. The molecule has 3 rings (SSSR count). The van der Waals surface area contributed by atoms with Gasteiger partial charge in [0.1, 0.15) is 5.39 Å². The molecule has 2 heterocycles. The van der Waals surface area contributed by atoms with Crippen LogP contribution in [0.1, 0.15) is 44.6 Å². The molecular formula is C13H18N4O. The molecule has 5 heteroatoms. The average molecular weight is 246 g/mol. The molecule has 0 saturated heterocycles. The summed E-state index contributed by atoms with van der Waals surface area (Å²) >= 11 is 0. The highest BCUT2D eigenvalue weighted by Crippen LogP contribution is 2.30. The molecular weight excluding hydrogens is 228 g/mol. The molecule has 96 valence electrons. The van der Waals surface area contributed by atoms with E-state index in [0.29, 0.717) is 17.2 Å². The van der Waals surface area contributed by atoms with E-state index in [1.807, 2.05) is 10.7 Å². The first-order valence-electron chi connectivity index (χ1n) is 6.63. The monoisotopic (exact) mass is 246 g/mol. The second kappa shape index (κ2) is 4.48. The van der Waals surface area contributed by atoms with E-state index < -0.39 is 0 Å². The first-order chi connectivity index (χ1) is 8.77. The Morgan fingerprint density at radius 1 is 1.28 bits per heavy atom. The number of nitrogens with one attached hydrogen (secondary N) is 1. The number of rotatable bonds is 1. The summed E-state index contributed by atoms with van der Waals surface area (Å²) in [5, 5.41) is 4.92. The zero-order chi connectivity index (χ0) is 12.5. The summed E-state index contributed by atoms with van der Waals surface area (Å²) in [5.74, 6) is 0.344. The number of hydrogen-bond acceptors (Lipinski definition) is 3. The Morgan fingerprint density at radius 3 is 2.72 bits per heavy atom. The van der Waals surface area contributed by atoms with E-state index in [1.54, 1.807) is 6.20 Å². The number of H-pyrrole nitrogens is 1. The van der Waals surface area contributed by atoms with Gasteiger partial charge in [-0.25, -0.2) is 0 Å². The number of anilines is 1. The average Bonchev–Trinajstić information content (AvgIpc) is 2.56. The van der Waals surface area contributed by atoms with Gasteiger partial charge in [0.2, 0.25) is 0 Å². The van der Waals surface area contributed by atoms with Crippen LogP contribution in [0, 0.1) is 0 Å². The lowest BCUT2D eigenvalue weighted by Crippen LogP contribution is -2.10. The summed E-state index contributed by atoms with van der Waals surface area (Å²) in [4.78, 5) is 14.4. The van der Waals surface area contributed by atoms with Crippen LogP contribution in [0.3, 0.4) is 0 Å². The van der Waals surface area contributed by atoms with Gasteiger partial charge in [0.15, 0.2) is 5.82 Å². The van der Waals surface area contributed by atoms with Gasteiger partial charge in [0.25, 0.3) is 5.56 Å². The maximum absolute atomic E-state index is 11.8. The molecule has 2 aromatic heterocycles. The summed E-state index contributed by atoms with van der Waals surface area (Å²) < 4.78 is 1.96. The van der Waals surface area contributed by atoms with Crippen molar-refractivity contribution in [2.75, 3.05) is 5.73 Å². The van der Waals surface area contributed by atoms with Crippen LogP contribution >= 0.6 is 0 Å². The van der Waals surface area contributed by atoms with E-state index in [9.17, 15) is 4.79 Å². The Labute approximate surface area is 105 Å². The summed E-state index contributed by atoms with van der Waals surface area (Å²) in [7, 11) is 0. The summed E-state index contributed by atoms with van der Waals surface area (Å²) in [6.07, 6.45) is 8.98. The summed E-state index contributed by atoms with van der Waals surface area (Å²) in [6.45, 7) is 0. The van der Waals surface area contributed by atoms with Gasteiger partial charge in [-0.2, -0.15) is 5.10 Å². The number of aromatic amines is 1. The van der Waals surface area contributed by atoms with Crippen molar-refractivity contribution in [3.8, 4) is 0 Å². The fraction of sp³-hybridized carbons (Fsp3) is 0.538. The lowest BCUT2D eigenvalue weighted by molar-refractivity contribution is 0.418. The molecule has 0 aromatic carbocycles. The van der Waals surface area contributed by atoms with Crippen molar-refractivity contribution in [2.45, 2.75) is 44.6 Å². The standard InChI is InChI=1S/C13H18N4O/c14-12-11-10(7-8-15-13(11)18)17(16-12)9-5-3-1-2-4-6-9/h7-9H,1-6H2,(H2,14,16)(H,15,18). The van der Waals surface area contributed by atoms with E-state index in [-0.39, 0.29) is 5.56 Å². The number of nitrogen functional groups attached to an aromatic ring is 1. The zero-order valence-electron chi connectivity index (χ0n) is 10.4.